The second-order valence-electron chi connectivity index (χ2n) is 5.57. The third-order valence-electron chi connectivity index (χ3n) is 3.44. The lowest BCUT2D eigenvalue weighted by Crippen LogP contribution is -2.32. The van der Waals surface area contributed by atoms with Crippen LogP contribution in [0.1, 0.15) is 39.5 Å². The monoisotopic (exact) mass is 197 g/mol. The van der Waals surface area contributed by atoms with Gasteiger partial charge in [0.25, 0.3) is 0 Å². The second-order valence-corrected chi connectivity index (χ2v) is 5.57. The fourth-order valence-corrected chi connectivity index (χ4v) is 2.60. The molecule has 0 aromatic rings. The van der Waals surface area contributed by atoms with Crippen molar-refractivity contribution in [3.63, 3.8) is 0 Å². The van der Waals surface area contributed by atoms with Gasteiger partial charge in [0.1, 0.15) is 0 Å². The number of hydrogen-bond acceptors (Lipinski definition) is 2. The molecule has 1 N–H and O–H groups in total. The lowest BCUT2D eigenvalue weighted by Gasteiger charge is -2.25. The van der Waals surface area contributed by atoms with Crippen molar-refractivity contribution in [2.75, 3.05) is 13.1 Å². The summed E-state index contributed by atoms with van der Waals surface area (Å²) in [7, 11) is 0. The predicted molar refractivity (Wildman–Crippen MR) is 58.2 cm³/mol. The van der Waals surface area contributed by atoms with E-state index in [1.807, 2.05) is 0 Å². The number of likely N-dealkylation sites (tertiary alicyclic amines) is 1. The average molecular weight is 197 g/mol. The first-order chi connectivity index (χ1) is 6.65. The van der Waals surface area contributed by atoms with Crippen LogP contribution in [0.25, 0.3) is 0 Å². The van der Waals surface area contributed by atoms with Crippen LogP contribution in [0.4, 0.5) is 0 Å². The molecule has 2 rings (SSSR count). The zero-order valence-electron chi connectivity index (χ0n) is 9.45. The number of aliphatic hydroxyl groups excluding tert-OH is 1. The van der Waals surface area contributed by atoms with Crippen LogP contribution in [0.2, 0.25) is 0 Å². The fourth-order valence-electron chi connectivity index (χ4n) is 2.60. The fraction of sp³-hybridized carbons (Fsp3) is 1.00. The van der Waals surface area contributed by atoms with E-state index >= 15 is 0 Å². The van der Waals surface area contributed by atoms with Crippen LogP contribution in [-0.4, -0.2) is 35.2 Å². The highest BCUT2D eigenvalue weighted by molar-refractivity contribution is 4.89. The summed E-state index contributed by atoms with van der Waals surface area (Å²) in [5.74, 6) is 1.71. The highest BCUT2D eigenvalue weighted by atomic mass is 16.3. The van der Waals surface area contributed by atoms with Gasteiger partial charge in [0.15, 0.2) is 0 Å². The molecule has 0 aromatic heterocycles. The summed E-state index contributed by atoms with van der Waals surface area (Å²) in [5.41, 5.74) is 0. The van der Waals surface area contributed by atoms with Gasteiger partial charge in [-0.25, -0.2) is 0 Å². The summed E-state index contributed by atoms with van der Waals surface area (Å²) in [4.78, 5) is 2.53. The van der Waals surface area contributed by atoms with Crippen LogP contribution in [-0.2, 0) is 0 Å². The Bertz CT molecular complexity index is 177. The van der Waals surface area contributed by atoms with Crippen LogP contribution >= 0.6 is 0 Å². The van der Waals surface area contributed by atoms with Crippen molar-refractivity contribution in [3.8, 4) is 0 Å². The van der Waals surface area contributed by atoms with Gasteiger partial charge in [0, 0.05) is 19.1 Å². The Morgan fingerprint density at radius 1 is 1.36 bits per heavy atom. The van der Waals surface area contributed by atoms with Gasteiger partial charge in [0.05, 0.1) is 6.10 Å². The number of rotatable bonds is 4. The van der Waals surface area contributed by atoms with Crippen LogP contribution in [0.5, 0.6) is 0 Å². The first kappa shape index (κ1) is 10.4. The Kier molecular flexibility index (Phi) is 3.13. The quantitative estimate of drug-likeness (QED) is 0.744. The molecule has 1 saturated carbocycles. The van der Waals surface area contributed by atoms with E-state index in [9.17, 15) is 5.11 Å². The van der Waals surface area contributed by atoms with E-state index in [1.54, 1.807) is 0 Å². The minimum absolute atomic E-state index is 0.0579. The Morgan fingerprint density at radius 2 is 2.07 bits per heavy atom. The zero-order valence-corrected chi connectivity index (χ0v) is 9.45. The molecule has 0 aromatic carbocycles. The molecule has 0 unspecified atom stereocenters. The summed E-state index contributed by atoms with van der Waals surface area (Å²) < 4.78 is 0. The molecule has 2 nitrogen and oxygen atoms in total. The van der Waals surface area contributed by atoms with Crippen LogP contribution in [0.15, 0.2) is 0 Å². The van der Waals surface area contributed by atoms with Gasteiger partial charge in [-0.2, -0.15) is 0 Å². The number of β-amino-alcohol motifs (C(OH)–C–C–N with tert-alkyl or cyclic N) is 1. The average Bonchev–Trinajstić information content (AvgIpc) is 2.79. The molecule has 2 heteroatoms. The number of nitrogens with zero attached hydrogens (tertiary/aromatic N) is 1. The molecule has 2 atom stereocenters. The highest BCUT2D eigenvalue weighted by Crippen LogP contribution is 2.33. The minimum Gasteiger partial charge on any atom is -0.392 e. The van der Waals surface area contributed by atoms with Crippen LogP contribution < -0.4 is 0 Å². The topological polar surface area (TPSA) is 23.5 Å². The third-order valence-corrected chi connectivity index (χ3v) is 3.44. The smallest absolute Gasteiger partial charge is 0.0682 e. The third kappa shape index (κ3) is 2.71. The van der Waals surface area contributed by atoms with Gasteiger partial charge < -0.3 is 5.11 Å². The largest absolute Gasteiger partial charge is 0.392 e. The van der Waals surface area contributed by atoms with Crippen LogP contribution in [0.3, 0.4) is 0 Å². The Balaban J connectivity index is 1.84. The number of hydrogen-bond donors (Lipinski definition) is 1. The Morgan fingerprint density at radius 3 is 2.64 bits per heavy atom. The van der Waals surface area contributed by atoms with E-state index in [-0.39, 0.29) is 6.10 Å². The molecule has 1 heterocycles. The van der Waals surface area contributed by atoms with Gasteiger partial charge in [-0.1, -0.05) is 13.8 Å². The molecule has 14 heavy (non-hydrogen) atoms. The van der Waals surface area contributed by atoms with E-state index in [1.165, 1.54) is 25.8 Å². The Hall–Kier alpha value is -0.0800. The summed E-state index contributed by atoms with van der Waals surface area (Å²) in [5, 5.41) is 9.67. The summed E-state index contributed by atoms with van der Waals surface area (Å²) in [6.07, 6.45) is 5.04. The molecule has 2 aliphatic rings. The van der Waals surface area contributed by atoms with E-state index in [2.05, 4.69) is 18.7 Å². The summed E-state index contributed by atoms with van der Waals surface area (Å²) in [6.45, 7) is 6.72. The maximum atomic E-state index is 9.67. The van der Waals surface area contributed by atoms with Gasteiger partial charge in [-0.3, -0.25) is 4.90 Å². The van der Waals surface area contributed by atoms with E-state index in [0.717, 1.165) is 24.8 Å². The summed E-state index contributed by atoms with van der Waals surface area (Å²) in [6, 6.07) is 0.658. The normalized spacial score (nSPS) is 34.3. The van der Waals surface area contributed by atoms with Crippen LogP contribution in [0, 0.1) is 11.8 Å². The van der Waals surface area contributed by atoms with Crippen molar-refractivity contribution < 1.29 is 5.11 Å². The van der Waals surface area contributed by atoms with E-state index in [0.29, 0.717) is 6.04 Å². The predicted octanol–water partition coefficient (Wildman–Crippen LogP) is 1.88. The molecule has 82 valence electrons. The Labute approximate surface area is 87.3 Å². The lowest BCUT2D eigenvalue weighted by molar-refractivity contribution is 0.171. The maximum absolute atomic E-state index is 9.67. The van der Waals surface area contributed by atoms with Crippen molar-refractivity contribution in [1.82, 2.24) is 4.90 Å². The molecule has 1 saturated heterocycles. The highest BCUT2D eigenvalue weighted by Gasteiger charge is 2.34. The zero-order chi connectivity index (χ0) is 10.1. The molecule has 0 bridgehead atoms. The van der Waals surface area contributed by atoms with Crippen molar-refractivity contribution in [2.45, 2.75) is 51.7 Å². The molecule has 2 fully saturated rings. The van der Waals surface area contributed by atoms with Crippen molar-refractivity contribution in [2.24, 2.45) is 11.8 Å². The molecular weight excluding hydrogens is 174 g/mol. The standard InChI is InChI=1S/C12H23NO/c1-9(2)5-11-6-12(14)8-13(11)7-10-3-4-10/h9-12,14H,3-8H2,1-2H3/t11-,12+/m1/s1. The van der Waals surface area contributed by atoms with E-state index in [4.69, 9.17) is 0 Å². The van der Waals surface area contributed by atoms with Gasteiger partial charge >= 0.3 is 0 Å². The lowest BCUT2D eigenvalue weighted by atomic mass is 10.0. The van der Waals surface area contributed by atoms with E-state index < -0.39 is 0 Å². The molecule has 0 spiro atoms. The maximum Gasteiger partial charge on any atom is 0.0682 e. The molecule has 1 aliphatic carbocycles. The molecule has 0 amide bonds. The molecule has 0 radical (unpaired) electrons. The first-order valence-corrected chi connectivity index (χ1v) is 6.07. The second kappa shape index (κ2) is 4.19. The van der Waals surface area contributed by atoms with Crippen molar-refractivity contribution >= 4 is 0 Å². The van der Waals surface area contributed by atoms with Crippen molar-refractivity contribution in [3.05, 3.63) is 0 Å². The SMILES string of the molecule is CC(C)C[C@@H]1C[C@H](O)CN1CC1CC1. The molecule has 1 aliphatic heterocycles. The van der Waals surface area contributed by atoms with Crippen molar-refractivity contribution in [1.29, 1.82) is 0 Å². The number of aliphatic hydroxyl groups is 1. The summed E-state index contributed by atoms with van der Waals surface area (Å²) >= 11 is 0. The first-order valence-electron chi connectivity index (χ1n) is 6.07. The molecular formula is C12H23NO. The van der Waals surface area contributed by atoms with Gasteiger partial charge in [-0.15, -0.1) is 0 Å². The van der Waals surface area contributed by atoms with Gasteiger partial charge in [-0.05, 0) is 37.5 Å². The van der Waals surface area contributed by atoms with Gasteiger partial charge in [0.2, 0.25) is 0 Å². The minimum atomic E-state index is -0.0579.